The molecular weight excluding hydrogens is 400 g/mol. The van der Waals surface area contributed by atoms with Gasteiger partial charge in [0.2, 0.25) is 0 Å². The minimum atomic E-state index is 0.948. The molecule has 0 unspecified atom stereocenters. The van der Waals surface area contributed by atoms with E-state index in [1.807, 2.05) is 12.1 Å². The van der Waals surface area contributed by atoms with Gasteiger partial charge in [-0.25, -0.2) is 4.98 Å². The first kappa shape index (κ1) is 19.3. The Kier molecular flexibility index (Phi) is 4.82. The van der Waals surface area contributed by atoms with Crippen molar-refractivity contribution >= 4 is 11.0 Å². The first-order chi connectivity index (χ1) is 16.4. The van der Waals surface area contributed by atoms with Crippen LogP contribution < -0.4 is 0 Å². The summed E-state index contributed by atoms with van der Waals surface area (Å²) in [4.78, 5) is 5.02. The third-order valence-corrected chi connectivity index (χ3v) is 6.00. The highest BCUT2D eigenvalue weighted by atomic mass is 15.1. The Balaban J connectivity index is 1.49. The van der Waals surface area contributed by atoms with Gasteiger partial charge in [-0.2, -0.15) is 0 Å². The van der Waals surface area contributed by atoms with E-state index in [0.29, 0.717) is 0 Å². The summed E-state index contributed by atoms with van der Waals surface area (Å²) < 4.78 is 2.24. The lowest BCUT2D eigenvalue weighted by Crippen LogP contribution is -1.97. The van der Waals surface area contributed by atoms with Crippen LogP contribution in [-0.2, 0) is 0 Å². The van der Waals surface area contributed by atoms with Crippen LogP contribution in [0.5, 0.6) is 0 Å². The summed E-state index contributed by atoms with van der Waals surface area (Å²) in [5, 5.41) is 0. The van der Waals surface area contributed by atoms with Gasteiger partial charge in [0.1, 0.15) is 5.82 Å². The average molecular weight is 423 g/mol. The van der Waals surface area contributed by atoms with Crippen molar-refractivity contribution in [2.24, 2.45) is 0 Å². The van der Waals surface area contributed by atoms with Gasteiger partial charge >= 0.3 is 0 Å². The quantitative estimate of drug-likeness (QED) is 0.281. The molecule has 33 heavy (non-hydrogen) atoms. The normalized spacial score (nSPS) is 11.0. The molecule has 5 aromatic carbocycles. The summed E-state index contributed by atoms with van der Waals surface area (Å²) >= 11 is 0. The van der Waals surface area contributed by atoms with E-state index >= 15 is 0 Å². The molecule has 6 aromatic rings. The zero-order valence-electron chi connectivity index (χ0n) is 18.1. The monoisotopic (exact) mass is 422 g/mol. The first-order valence-corrected chi connectivity index (χ1v) is 11.2. The lowest BCUT2D eigenvalue weighted by molar-refractivity contribution is 1.10. The Hall–Kier alpha value is -4.43. The van der Waals surface area contributed by atoms with Gasteiger partial charge in [0.05, 0.1) is 11.0 Å². The van der Waals surface area contributed by atoms with Gasteiger partial charge in [-0.1, -0.05) is 97.1 Å². The van der Waals surface area contributed by atoms with E-state index in [1.165, 1.54) is 22.3 Å². The Bertz CT molecular complexity index is 1550. The van der Waals surface area contributed by atoms with E-state index in [1.54, 1.807) is 0 Å². The standard InChI is InChI=1S/C31H22N2/c1-3-11-23(12-4-1)24-13-9-14-25(21-24)26-15-10-16-27(22-26)31-32-29-19-7-8-20-30(29)33(31)28-17-5-2-6-18-28/h1-22H. The number of hydrogen-bond donors (Lipinski definition) is 0. The molecule has 1 aromatic heterocycles. The summed E-state index contributed by atoms with van der Waals surface area (Å²) in [6, 6.07) is 46.7. The van der Waals surface area contributed by atoms with Gasteiger partial charge in [0.25, 0.3) is 0 Å². The Labute approximate surface area is 193 Å². The van der Waals surface area contributed by atoms with Crippen molar-refractivity contribution in [3.05, 3.63) is 133 Å². The SMILES string of the molecule is c1ccc(-c2cccc(-c3cccc(-c4nc5ccccc5n4-c4ccccc4)c3)c2)cc1. The number of para-hydroxylation sites is 3. The summed E-state index contributed by atoms with van der Waals surface area (Å²) in [5.41, 5.74) is 9.12. The Morgan fingerprint density at radius 1 is 0.424 bits per heavy atom. The number of hydrogen-bond acceptors (Lipinski definition) is 1. The van der Waals surface area contributed by atoms with Crippen LogP contribution in [0, 0.1) is 0 Å². The number of fused-ring (bicyclic) bond motifs is 1. The third-order valence-electron chi connectivity index (χ3n) is 6.00. The van der Waals surface area contributed by atoms with Crippen molar-refractivity contribution in [3.63, 3.8) is 0 Å². The lowest BCUT2D eigenvalue weighted by atomic mass is 9.98. The van der Waals surface area contributed by atoms with E-state index in [9.17, 15) is 0 Å². The zero-order valence-corrected chi connectivity index (χ0v) is 18.1. The molecule has 0 aliphatic carbocycles. The fraction of sp³-hybridized carbons (Fsp3) is 0. The van der Waals surface area contributed by atoms with E-state index < -0.39 is 0 Å². The lowest BCUT2D eigenvalue weighted by Gasteiger charge is -2.11. The minimum Gasteiger partial charge on any atom is -0.292 e. The Morgan fingerprint density at radius 3 is 1.67 bits per heavy atom. The fourth-order valence-corrected chi connectivity index (χ4v) is 4.40. The molecule has 0 fully saturated rings. The molecule has 0 bridgehead atoms. The van der Waals surface area contributed by atoms with Crippen molar-refractivity contribution in [1.29, 1.82) is 0 Å². The summed E-state index contributed by atoms with van der Waals surface area (Å²) in [6.07, 6.45) is 0. The van der Waals surface area contributed by atoms with Gasteiger partial charge in [0.15, 0.2) is 0 Å². The number of imidazole rings is 1. The molecule has 156 valence electrons. The van der Waals surface area contributed by atoms with Crippen molar-refractivity contribution in [2.45, 2.75) is 0 Å². The van der Waals surface area contributed by atoms with E-state index in [-0.39, 0.29) is 0 Å². The van der Waals surface area contributed by atoms with E-state index in [2.05, 4.69) is 126 Å². The highest BCUT2D eigenvalue weighted by Crippen LogP contribution is 2.32. The second-order valence-electron chi connectivity index (χ2n) is 8.12. The first-order valence-electron chi connectivity index (χ1n) is 11.2. The van der Waals surface area contributed by atoms with Gasteiger partial charge in [-0.15, -0.1) is 0 Å². The highest BCUT2D eigenvalue weighted by molar-refractivity contribution is 5.84. The third kappa shape index (κ3) is 3.62. The van der Waals surface area contributed by atoms with Crippen LogP contribution in [0.1, 0.15) is 0 Å². The number of aromatic nitrogens is 2. The molecule has 0 atom stereocenters. The smallest absolute Gasteiger partial charge is 0.145 e. The maximum atomic E-state index is 5.02. The minimum absolute atomic E-state index is 0.948. The number of nitrogens with zero attached hydrogens (tertiary/aromatic N) is 2. The van der Waals surface area contributed by atoms with Crippen molar-refractivity contribution in [3.8, 4) is 39.3 Å². The molecule has 0 amide bonds. The van der Waals surface area contributed by atoms with Crippen LogP contribution in [0.3, 0.4) is 0 Å². The molecule has 1 heterocycles. The van der Waals surface area contributed by atoms with Crippen molar-refractivity contribution in [2.75, 3.05) is 0 Å². The Morgan fingerprint density at radius 2 is 0.939 bits per heavy atom. The summed E-state index contributed by atoms with van der Waals surface area (Å²) in [6.45, 7) is 0. The van der Waals surface area contributed by atoms with Gasteiger partial charge in [0, 0.05) is 11.3 Å². The molecule has 0 aliphatic rings. The second-order valence-corrected chi connectivity index (χ2v) is 8.12. The molecule has 0 aliphatic heterocycles. The maximum Gasteiger partial charge on any atom is 0.145 e. The molecule has 0 N–H and O–H groups in total. The van der Waals surface area contributed by atoms with Crippen LogP contribution in [0.2, 0.25) is 0 Å². The topological polar surface area (TPSA) is 17.8 Å². The fourth-order valence-electron chi connectivity index (χ4n) is 4.40. The van der Waals surface area contributed by atoms with Crippen LogP contribution >= 0.6 is 0 Å². The number of benzene rings is 5. The molecule has 2 nitrogen and oxygen atoms in total. The molecule has 0 spiro atoms. The summed E-state index contributed by atoms with van der Waals surface area (Å²) in [5.74, 6) is 0.948. The molecular formula is C31H22N2. The molecule has 6 rings (SSSR count). The largest absolute Gasteiger partial charge is 0.292 e. The van der Waals surface area contributed by atoms with E-state index in [4.69, 9.17) is 4.98 Å². The van der Waals surface area contributed by atoms with Crippen LogP contribution in [0.15, 0.2) is 133 Å². The molecule has 0 radical (unpaired) electrons. The maximum absolute atomic E-state index is 5.02. The molecule has 0 saturated heterocycles. The van der Waals surface area contributed by atoms with Gasteiger partial charge in [-0.3, -0.25) is 4.57 Å². The van der Waals surface area contributed by atoms with E-state index in [0.717, 1.165) is 28.1 Å². The summed E-state index contributed by atoms with van der Waals surface area (Å²) in [7, 11) is 0. The van der Waals surface area contributed by atoms with Crippen LogP contribution in [0.4, 0.5) is 0 Å². The predicted molar refractivity (Wildman–Crippen MR) is 137 cm³/mol. The average Bonchev–Trinajstić information content (AvgIpc) is 3.30. The predicted octanol–water partition coefficient (Wildman–Crippen LogP) is 8.03. The van der Waals surface area contributed by atoms with Crippen molar-refractivity contribution in [1.82, 2.24) is 9.55 Å². The van der Waals surface area contributed by atoms with Gasteiger partial charge < -0.3 is 0 Å². The van der Waals surface area contributed by atoms with Crippen LogP contribution in [-0.4, -0.2) is 9.55 Å². The second kappa shape index (κ2) is 8.25. The molecule has 0 saturated carbocycles. The van der Waals surface area contributed by atoms with Crippen molar-refractivity contribution < 1.29 is 0 Å². The number of rotatable bonds is 4. The van der Waals surface area contributed by atoms with Gasteiger partial charge in [-0.05, 0) is 58.7 Å². The van der Waals surface area contributed by atoms with Crippen LogP contribution in [0.25, 0.3) is 50.4 Å². The molecule has 2 heteroatoms. The zero-order chi connectivity index (χ0) is 22.0. The highest BCUT2D eigenvalue weighted by Gasteiger charge is 2.14.